The zero-order valence-electron chi connectivity index (χ0n) is 40.8. The SMILES string of the molecule is CC1(C)c2ccccc2-c2ccc(Nc3ccc(-n4c5ccccc5c5ccccc54)cc3)cc21.[2H]c1c([2H])c([2H])c(-c2ccc(Nc3ccc4c(c3)C(C)(C)c3ccccc3-4)cc2)c([2H])c1[2H]. The van der Waals surface area contributed by atoms with Crippen LogP contribution in [0.5, 0.6) is 0 Å². The highest BCUT2D eigenvalue weighted by molar-refractivity contribution is 6.09. The second-order valence-corrected chi connectivity index (χ2v) is 17.6. The number of para-hydroxylation sites is 2. The Morgan fingerprint density at radius 2 is 0.794 bits per heavy atom. The van der Waals surface area contributed by atoms with Crippen LogP contribution < -0.4 is 10.6 Å². The molecule has 63 heavy (non-hydrogen) atoms. The van der Waals surface area contributed by atoms with Gasteiger partial charge in [0.1, 0.15) is 0 Å². The molecule has 0 fully saturated rings. The van der Waals surface area contributed by atoms with Gasteiger partial charge in [0.2, 0.25) is 0 Å². The molecule has 0 radical (unpaired) electrons. The fourth-order valence-electron chi connectivity index (χ4n) is 9.91. The first-order valence-electron chi connectivity index (χ1n) is 24.1. The summed E-state index contributed by atoms with van der Waals surface area (Å²) in [7, 11) is 0. The first-order chi connectivity index (χ1) is 32.8. The topological polar surface area (TPSA) is 29.0 Å². The first-order valence-corrected chi connectivity index (χ1v) is 21.6. The Balaban J connectivity index is 0.000000149. The van der Waals surface area contributed by atoms with Gasteiger partial charge in [-0.05, 0) is 128 Å². The van der Waals surface area contributed by atoms with Crippen LogP contribution in [0.15, 0.2) is 212 Å². The van der Waals surface area contributed by atoms with Crippen molar-refractivity contribution in [2.24, 2.45) is 0 Å². The van der Waals surface area contributed by atoms with E-state index in [4.69, 9.17) is 6.85 Å². The molecule has 0 unspecified atom stereocenters. The number of nitrogens with zero attached hydrogens (tertiary/aromatic N) is 1. The molecule has 3 heteroatoms. The van der Waals surface area contributed by atoms with Crippen LogP contribution in [-0.4, -0.2) is 4.57 Å². The number of aromatic nitrogens is 1. The van der Waals surface area contributed by atoms with E-state index in [0.29, 0.717) is 5.56 Å². The maximum atomic E-state index is 8.18. The van der Waals surface area contributed by atoms with Gasteiger partial charge in [-0.1, -0.05) is 167 Å². The maximum absolute atomic E-state index is 8.18. The summed E-state index contributed by atoms with van der Waals surface area (Å²) < 4.78 is 42.3. The molecule has 12 rings (SSSR count). The molecule has 0 spiro atoms. The molecule has 0 atom stereocenters. The summed E-state index contributed by atoms with van der Waals surface area (Å²) in [6, 6.07) is 62.4. The largest absolute Gasteiger partial charge is 0.356 e. The van der Waals surface area contributed by atoms with Gasteiger partial charge >= 0.3 is 0 Å². The van der Waals surface area contributed by atoms with E-state index in [0.717, 1.165) is 22.7 Å². The average molecular weight is 817 g/mol. The monoisotopic (exact) mass is 816 g/mol. The van der Waals surface area contributed by atoms with Crippen LogP contribution in [-0.2, 0) is 10.8 Å². The summed E-state index contributed by atoms with van der Waals surface area (Å²) in [6.45, 7) is 9.14. The summed E-state index contributed by atoms with van der Waals surface area (Å²) in [5.74, 6) is 0. The van der Waals surface area contributed by atoms with Gasteiger partial charge < -0.3 is 15.2 Å². The highest BCUT2D eigenvalue weighted by Gasteiger charge is 2.36. The minimum absolute atomic E-state index is 0.00398. The molecule has 0 aliphatic heterocycles. The van der Waals surface area contributed by atoms with Gasteiger partial charge in [-0.2, -0.15) is 0 Å². The van der Waals surface area contributed by atoms with E-state index in [2.05, 4.69) is 201 Å². The Labute approximate surface area is 377 Å². The molecule has 0 amide bonds. The number of anilines is 4. The van der Waals surface area contributed by atoms with Crippen LogP contribution in [0.25, 0.3) is 60.9 Å². The highest BCUT2D eigenvalue weighted by Crippen LogP contribution is 2.50. The van der Waals surface area contributed by atoms with Crippen LogP contribution in [0.1, 0.15) is 56.8 Å². The number of rotatable bonds is 6. The van der Waals surface area contributed by atoms with Crippen molar-refractivity contribution in [3.05, 3.63) is 234 Å². The van der Waals surface area contributed by atoms with Crippen molar-refractivity contribution in [1.82, 2.24) is 4.57 Å². The molecule has 0 bridgehead atoms. The molecular weight excluding hydrogens is 763 g/mol. The lowest BCUT2D eigenvalue weighted by molar-refractivity contribution is 0.660. The molecule has 2 N–H and O–H groups in total. The second kappa shape index (κ2) is 15.1. The van der Waals surface area contributed by atoms with Gasteiger partial charge in [0.25, 0.3) is 0 Å². The third-order valence-corrected chi connectivity index (χ3v) is 13.1. The summed E-state index contributed by atoms with van der Waals surface area (Å²) in [6.07, 6.45) is 0. The lowest BCUT2D eigenvalue weighted by Crippen LogP contribution is -2.15. The molecular formula is C60H49N3. The van der Waals surface area contributed by atoms with E-state index < -0.39 is 0 Å². The van der Waals surface area contributed by atoms with Crippen molar-refractivity contribution >= 4 is 44.6 Å². The maximum Gasteiger partial charge on any atom is 0.0629 e. The number of hydrogen-bond donors (Lipinski definition) is 2. The molecule has 10 aromatic rings. The van der Waals surface area contributed by atoms with E-state index in [1.54, 1.807) is 12.1 Å². The van der Waals surface area contributed by atoms with Gasteiger partial charge in [0, 0.05) is 50.0 Å². The fourth-order valence-corrected chi connectivity index (χ4v) is 9.91. The van der Waals surface area contributed by atoms with Crippen molar-refractivity contribution in [2.45, 2.75) is 38.5 Å². The van der Waals surface area contributed by atoms with Crippen molar-refractivity contribution < 1.29 is 6.85 Å². The minimum Gasteiger partial charge on any atom is -0.356 e. The molecule has 9 aromatic carbocycles. The quantitative estimate of drug-likeness (QED) is 0.175. The van der Waals surface area contributed by atoms with E-state index in [1.165, 1.54) is 72.0 Å². The van der Waals surface area contributed by atoms with Crippen molar-refractivity contribution in [3.8, 4) is 39.1 Å². The molecule has 304 valence electrons. The third kappa shape index (κ3) is 6.60. The predicted octanol–water partition coefficient (Wildman–Crippen LogP) is 16.2. The standard InChI is InChI=1S/C33H26N2.C27H23N/c1-33(2)29-12-6-3-9-25(29)26-20-17-23(21-30(26)33)34-22-15-18-24(19-16-22)35-31-13-7-4-10-27(31)28-11-5-8-14-32(28)35;1-27(2)25-11-7-6-10-23(25)24-17-16-22(18-26(24)27)28-21-14-12-20(13-15-21)19-8-4-3-5-9-19/h3-21,34H,1-2H3;3-18,28H,1-2H3/i;3D,4D,5D,8D,9D. The van der Waals surface area contributed by atoms with Gasteiger partial charge in [-0.15, -0.1) is 0 Å². The third-order valence-electron chi connectivity index (χ3n) is 13.1. The first kappa shape index (κ1) is 33.1. The number of nitrogens with one attached hydrogen (secondary N) is 2. The lowest BCUT2D eigenvalue weighted by Gasteiger charge is -2.22. The van der Waals surface area contributed by atoms with Crippen LogP contribution in [0.2, 0.25) is 0 Å². The Bertz CT molecular complexity index is 3540. The zero-order chi connectivity index (χ0) is 47.1. The number of fused-ring (bicyclic) bond motifs is 9. The summed E-state index contributed by atoms with van der Waals surface area (Å²) in [4.78, 5) is 0. The Morgan fingerprint density at radius 1 is 0.381 bits per heavy atom. The fraction of sp³-hybridized carbons (Fsp3) is 0.100. The van der Waals surface area contributed by atoms with E-state index >= 15 is 0 Å². The highest BCUT2D eigenvalue weighted by atomic mass is 15.0. The van der Waals surface area contributed by atoms with Crippen LogP contribution in [0.4, 0.5) is 22.7 Å². The van der Waals surface area contributed by atoms with E-state index in [1.807, 2.05) is 12.1 Å². The zero-order valence-corrected chi connectivity index (χ0v) is 35.8. The molecule has 3 nitrogen and oxygen atoms in total. The molecule has 0 saturated heterocycles. The van der Waals surface area contributed by atoms with E-state index in [-0.39, 0.29) is 46.6 Å². The van der Waals surface area contributed by atoms with Gasteiger partial charge in [-0.25, -0.2) is 0 Å². The summed E-state index contributed by atoms with van der Waals surface area (Å²) in [5.41, 5.74) is 19.0. The molecule has 2 aliphatic rings. The summed E-state index contributed by atoms with van der Waals surface area (Å²) in [5, 5.41) is 9.64. The van der Waals surface area contributed by atoms with Crippen LogP contribution >= 0.6 is 0 Å². The number of hydrogen-bond acceptors (Lipinski definition) is 2. The van der Waals surface area contributed by atoms with Crippen LogP contribution in [0.3, 0.4) is 0 Å². The van der Waals surface area contributed by atoms with Gasteiger partial charge in [0.05, 0.1) is 17.9 Å². The number of benzene rings is 9. The molecule has 0 saturated carbocycles. The normalized spacial score (nSPS) is 14.8. The molecule has 1 aromatic heterocycles. The minimum atomic E-state index is -0.381. The lowest BCUT2D eigenvalue weighted by atomic mass is 9.82. The Morgan fingerprint density at radius 3 is 1.30 bits per heavy atom. The van der Waals surface area contributed by atoms with Gasteiger partial charge in [-0.3, -0.25) is 0 Å². The Kier molecular flexibility index (Phi) is 7.91. The predicted molar refractivity (Wildman–Crippen MR) is 267 cm³/mol. The summed E-state index contributed by atoms with van der Waals surface area (Å²) >= 11 is 0. The second-order valence-electron chi connectivity index (χ2n) is 17.6. The average Bonchev–Trinajstić information content (AvgIpc) is 3.90. The van der Waals surface area contributed by atoms with Gasteiger partial charge in [0.15, 0.2) is 0 Å². The van der Waals surface area contributed by atoms with Crippen LogP contribution in [0, 0.1) is 0 Å². The molecule has 1 heterocycles. The van der Waals surface area contributed by atoms with Crippen molar-refractivity contribution in [1.29, 1.82) is 0 Å². The van der Waals surface area contributed by atoms with Crippen molar-refractivity contribution in [2.75, 3.05) is 10.6 Å². The Hall–Kier alpha value is -7.62. The molecule has 2 aliphatic carbocycles. The van der Waals surface area contributed by atoms with E-state index in [9.17, 15) is 0 Å². The van der Waals surface area contributed by atoms with Crippen molar-refractivity contribution in [3.63, 3.8) is 0 Å². The smallest absolute Gasteiger partial charge is 0.0629 e.